The number of aromatic nitrogens is 3. The van der Waals surface area contributed by atoms with E-state index in [1.807, 2.05) is 25.1 Å². The molecule has 5 nitrogen and oxygen atoms in total. The number of rotatable bonds is 6. The minimum Gasteiger partial charge on any atom is -0.366 e. The Morgan fingerprint density at radius 2 is 1.80 bits per heavy atom. The molecule has 0 aliphatic carbocycles. The van der Waals surface area contributed by atoms with Gasteiger partial charge in [0.1, 0.15) is 5.82 Å². The molecule has 20 heavy (non-hydrogen) atoms. The van der Waals surface area contributed by atoms with E-state index in [1.165, 1.54) is 5.56 Å². The summed E-state index contributed by atoms with van der Waals surface area (Å²) in [5.41, 5.74) is 2.15. The Kier molecular flexibility index (Phi) is 4.87. The fraction of sp³-hybridized carbons (Fsp3) is 0.400. The van der Waals surface area contributed by atoms with Crippen LogP contribution >= 0.6 is 0 Å². The van der Waals surface area contributed by atoms with Gasteiger partial charge in [-0.2, -0.15) is 4.98 Å². The molecular weight excluding hydrogens is 250 g/mol. The molecule has 2 heterocycles. The molecule has 1 N–H and O–H groups in total. The zero-order chi connectivity index (χ0) is 14.4. The van der Waals surface area contributed by atoms with E-state index in [1.54, 1.807) is 12.4 Å². The Balaban J connectivity index is 2.12. The average Bonchev–Trinajstić information content (AvgIpc) is 2.47. The predicted molar refractivity (Wildman–Crippen MR) is 81.9 cm³/mol. The highest BCUT2D eigenvalue weighted by Gasteiger charge is 2.07. The molecule has 0 radical (unpaired) electrons. The smallest absolute Gasteiger partial charge is 0.227 e. The molecule has 106 valence electrons. The molecule has 0 aliphatic heterocycles. The third-order valence-electron chi connectivity index (χ3n) is 3.11. The number of aryl methyl sites for hydroxylation is 1. The lowest BCUT2D eigenvalue weighted by molar-refractivity contribution is 0.816. The van der Waals surface area contributed by atoms with Crippen molar-refractivity contribution in [3.63, 3.8) is 0 Å². The van der Waals surface area contributed by atoms with Crippen LogP contribution in [0.4, 0.5) is 11.8 Å². The minimum atomic E-state index is 0.733. The quantitative estimate of drug-likeness (QED) is 0.875. The van der Waals surface area contributed by atoms with Gasteiger partial charge >= 0.3 is 0 Å². The lowest BCUT2D eigenvalue weighted by Crippen LogP contribution is -2.24. The van der Waals surface area contributed by atoms with E-state index in [0.29, 0.717) is 0 Å². The summed E-state index contributed by atoms with van der Waals surface area (Å²) in [7, 11) is 0. The molecule has 0 unspecified atom stereocenters. The SMILES string of the molecule is CCN(CC)c1nc(C)cc(NCc2ccncc2)n1. The third-order valence-corrected chi connectivity index (χ3v) is 3.11. The summed E-state index contributed by atoms with van der Waals surface area (Å²) >= 11 is 0. The van der Waals surface area contributed by atoms with Gasteiger partial charge in [0.05, 0.1) is 0 Å². The van der Waals surface area contributed by atoms with Crippen LogP contribution in [0.25, 0.3) is 0 Å². The Morgan fingerprint density at radius 1 is 1.10 bits per heavy atom. The van der Waals surface area contributed by atoms with Gasteiger partial charge in [-0.1, -0.05) is 0 Å². The molecule has 0 atom stereocenters. The van der Waals surface area contributed by atoms with Crippen molar-refractivity contribution in [2.75, 3.05) is 23.3 Å². The molecule has 0 saturated carbocycles. The second kappa shape index (κ2) is 6.84. The maximum absolute atomic E-state index is 4.58. The van der Waals surface area contributed by atoms with E-state index in [9.17, 15) is 0 Å². The van der Waals surface area contributed by atoms with Crippen molar-refractivity contribution in [1.29, 1.82) is 0 Å². The summed E-state index contributed by atoms with van der Waals surface area (Å²) in [5, 5.41) is 3.34. The highest BCUT2D eigenvalue weighted by atomic mass is 15.3. The molecule has 0 spiro atoms. The lowest BCUT2D eigenvalue weighted by Gasteiger charge is -2.19. The van der Waals surface area contributed by atoms with Crippen LogP contribution in [-0.2, 0) is 6.54 Å². The number of anilines is 2. The Hall–Kier alpha value is -2.17. The largest absolute Gasteiger partial charge is 0.366 e. The highest BCUT2D eigenvalue weighted by Crippen LogP contribution is 2.14. The Morgan fingerprint density at radius 3 is 2.45 bits per heavy atom. The van der Waals surface area contributed by atoms with Gasteiger partial charge in [-0.25, -0.2) is 4.98 Å². The fourth-order valence-electron chi connectivity index (χ4n) is 1.98. The first-order chi connectivity index (χ1) is 9.72. The molecule has 2 aromatic heterocycles. The van der Waals surface area contributed by atoms with Crippen LogP contribution in [0.2, 0.25) is 0 Å². The molecule has 0 fully saturated rings. The van der Waals surface area contributed by atoms with E-state index >= 15 is 0 Å². The van der Waals surface area contributed by atoms with Crippen LogP contribution in [0.5, 0.6) is 0 Å². The van der Waals surface area contributed by atoms with Crippen LogP contribution in [-0.4, -0.2) is 28.0 Å². The first kappa shape index (κ1) is 14.2. The normalized spacial score (nSPS) is 10.3. The number of hydrogen-bond donors (Lipinski definition) is 1. The summed E-state index contributed by atoms with van der Waals surface area (Å²) in [6.07, 6.45) is 3.59. The monoisotopic (exact) mass is 271 g/mol. The number of nitrogens with one attached hydrogen (secondary N) is 1. The summed E-state index contributed by atoms with van der Waals surface area (Å²) in [6, 6.07) is 5.95. The van der Waals surface area contributed by atoms with Gasteiger partial charge in [0, 0.05) is 43.8 Å². The minimum absolute atomic E-state index is 0.733. The molecule has 5 heteroatoms. The first-order valence-corrected chi connectivity index (χ1v) is 6.96. The average molecular weight is 271 g/mol. The zero-order valence-electron chi connectivity index (χ0n) is 12.3. The van der Waals surface area contributed by atoms with Crippen molar-refractivity contribution in [2.45, 2.75) is 27.3 Å². The number of pyridine rings is 1. The molecule has 2 rings (SSSR count). The molecule has 0 saturated heterocycles. The standard InChI is InChI=1S/C15H21N5/c1-4-20(5-2)15-18-12(3)10-14(19-15)17-11-13-6-8-16-9-7-13/h6-10H,4-5,11H2,1-3H3,(H,17,18,19). The first-order valence-electron chi connectivity index (χ1n) is 6.96. The van der Waals surface area contributed by atoms with Crippen LogP contribution in [0.1, 0.15) is 25.1 Å². The maximum Gasteiger partial charge on any atom is 0.227 e. The maximum atomic E-state index is 4.58. The van der Waals surface area contributed by atoms with E-state index in [2.05, 4.69) is 39.0 Å². The second-order valence-electron chi connectivity index (χ2n) is 4.58. The molecule has 0 amide bonds. The van der Waals surface area contributed by atoms with Gasteiger partial charge < -0.3 is 10.2 Å². The van der Waals surface area contributed by atoms with Crippen molar-refractivity contribution in [3.05, 3.63) is 41.9 Å². The Bertz CT molecular complexity index is 537. The van der Waals surface area contributed by atoms with Crippen molar-refractivity contribution < 1.29 is 0 Å². The summed E-state index contributed by atoms with van der Waals surface area (Å²) in [4.78, 5) is 15.2. The van der Waals surface area contributed by atoms with E-state index in [-0.39, 0.29) is 0 Å². The predicted octanol–water partition coefficient (Wildman–Crippen LogP) is 2.64. The number of nitrogens with zero attached hydrogens (tertiary/aromatic N) is 4. The molecule has 0 aliphatic rings. The molecular formula is C15H21N5. The molecule has 0 bridgehead atoms. The lowest BCUT2D eigenvalue weighted by atomic mass is 10.3. The van der Waals surface area contributed by atoms with Gasteiger partial charge in [0.2, 0.25) is 5.95 Å². The van der Waals surface area contributed by atoms with Crippen LogP contribution in [0, 0.1) is 6.92 Å². The molecule has 2 aromatic rings. The van der Waals surface area contributed by atoms with Crippen molar-refractivity contribution >= 4 is 11.8 Å². The number of hydrogen-bond acceptors (Lipinski definition) is 5. The van der Waals surface area contributed by atoms with Gasteiger partial charge in [-0.05, 0) is 38.5 Å². The third kappa shape index (κ3) is 3.66. The Labute approximate surface area is 120 Å². The van der Waals surface area contributed by atoms with Gasteiger partial charge in [0.25, 0.3) is 0 Å². The van der Waals surface area contributed by atoms with E-state index in [0.717, 1.165) is 37.1 Å². The summed E-state index contributed by atoms with van der Waals surface area (Å²) in [5.74, 6) is 1.64. The zero-order valence-corrected chi connectivity index (χ0v) is 12.3. The second-order valence-corrected chi connectivity index (χ2v) is 4.58. The van der Waals surface area contributed by atoms with Gasteiger partial charge in [0.15, 0.2) is 0 Å². The van der Waals surface area contributed by atoms with Gasteiger partial charge in [-0.15, -0.1) is 0 Å². The van der Waals surface area contributed by atoms with Crippen LogP contribution in [0.3, 0.4) is 0 Å². The topological polar surface area (TPSA) is 53.9 Å². The summed E-state index contributed by atoms with van der Waals surface area (Å²) < 4.78 is 0. The van der Waals surface area contributed by atoms with Crippen molar-refractivity contribution in [3.8, 4) is 0 Å². The van der Waals surface area contributed by atoms with E-state index in [4.69, 9.17) is 0 Å². The van der Waals surface area contributed by atoms with Crippen molar-refractivity contribution in [1.82, 2.24) is 15.0 Å². The van der Waals surface area contributed by atoms with Crippen molar-refractivity contribution in [2.24, 2.45) is 0 Å². The highest BCUT2D eigenvalue weighted by molar-refractivity contribution is 5.44. The summed E-state index contributed by atoms with van der Waals surface area (Å²) in [6.45, 7) is 8.76. The van der Waals surface area contributed by atoms with Gasteiger partial charge in [-0.3, -0.25) is 4.98 Å². The van der Waals surface area contributed by atoms with E-state index < -0.39 is 0 Å². The fourth-order valence-corrected chi connectivity index (χ4v) is 1.98. The van der Waals surface area contributed by atoms with Crippen LogP contribution < -0.4 is 10.2 Å². The van der Waals surface area contributed by atoms with Crippen LogP contribution in [0.15, 0.2) is 30.6 Å². The molecule has 0 aromatic carbocycles.